The molecule has 0 aliphatic heterocycles. The van der Waals surface area contributed by atoms with Crippen molar-refractivity contribution < 1.29 is 9.90 Å². The van der Waals surface area contributed by atoms with Gasteiger partial charge in [0.25, 0.3) is 0 Å². The van der Waals surface area contributed by atoms with E-state index in [2.05, 4.69) is 10.3 Å². The average Bonchev–Trinajstić information content (AvgIpc) is 2.71. The van der Waals surface area contributed by atoms with Gasteiger partial charge in [-0.2, -0.15) is 0 Å². The largest absolute Gasteiger partial charge is 0.465 e. The first kappa shape index (κ1) is 15.6. The van der Waals surface area contributed by atoms with Crippen LogP contribution in [-0.4, -0.2) is 20.8 Å². The lowest BCUT2D eigenvalue weighted by atomic mass is 9.86. The molecule has 1 atom stereocenters. The van der Waals surface area contributed by atoms with Crippen molar-refractivity contribution in [2.24, 2.45) is 5.41 Å². The number of carbonyl (C=O) groups is 1. The van der Waals surface area contributed by atoms with Crippen molar-refractivity contribution >= 4 is 28.7 Å². The molecular formula is C15H20ClN3O2. The SMILES string of the molecule is CCn1c(C(NC(=O)O)C(C)(C)C)nc2ccc(Cl)cc21. The molecule has 1 aromatic carbocycles. The van der Waals surface area contributed by atoms with E-state index in [4.69, 9.17) is 16.7 Å². The van der Waals surface area contributed by atoms with Gasteiger partial charge in [-0.1, -0.05) is 32.4 Å². The number of hydrogen-bond acceptors (Lipinski definition) is 2. The molecule has 6 heteroatoms. The highest BCUT2D eigenvalue weighted by atomic mass is 35.5. The summed E-state index contributed by atoms with van der Waals surface area (Å²) in [5.74, 6) is 0.713. The zero-order valence-corrected chi connectivity index (χ0v) is 13.4. The number of rotatable bonds is 3. The number of nitrogens with zero attached hydrogens (tertiary/aromatic N) is 2. The smallest absolute Gasteiger partial charge is 0.405 e. The Balaban J connectivity index is 2.64. The van der Waals surface area contributed by atoms with Crippen LogP contribution in [0.4, 0.5) is 4.79 Å². The molecule has 0 radical (unpaired) electrons. The van der Waals surface area contributed by atoms with Crippen molar-refractivity contribution in [1.82, 2.24) is 14.9 Å². The molecule has 1 heterocycles. The molecule has 2 rings (SSSR count). The second-order valence-corrected chi connectivity index (χ2v) is 6.53. The van der Waals surface area contributed by atoms with Crippen LogP contribution in [-0.2, 0) is 6.54 Å². The molecule has 1 amide bonds. The number of imidazole rings is 1. The Hall–Kier alpha value is -1.75. The monoisotopic (exact) mass is 309 g/mol. The maximum absolute atomic E-state index is 11.1. The molecule has 0 aliphatic rings. The van der Waals surface area contributed by atoms with E-state index in [1.807, 2.05) is 44.4 Å². The fraction of sp³-hybridized carbons (Fsp3) is 0.467. The Morgan fingerprint density at radius 2 is 2.14 bits per heavy atom. The number of amides is 1. The van der Waals surface area contributed by atoms with E-state index in [0.717, 1.165) is 11.0 Å². The number of fused-ring (bicyclic) bond motifs is 1. The number of aryl methyl sites for hydroxylation is 1. The molecule has 0 saturated heterocycles. The van der Waals surface area contributed by atoms with Crippen molar-refractivity contribution in [3.8, 4) is 0 Å². The van der Waals surface area contributed by atoms with Crippen LogP contribution in [0, 0.1) is 5.41 Å². The van der Waals surface area contributed by atoms with Gasteiger partial charge in [0.05, 0.1) is 17.1 Å². The summed E-state index contributed by atoms with van der Waals surface area (Å²) in [5.41, 5.74) is 1.44. The fourth-order valence-electron chi connectivity index (χ4n) is 2.46. The number of hydrogen-bond donors (Lipinski definition) is 2. The van der Waals surface area contributed by atoms with E-state index < -0.39 is 12.1 Å². The second kappa shape index (κ2) is 5.56. The van der Waals surface area contributed by atoms with Gasteiger partial charge in [0, 0.05) is 11.6 Å². The van der Waals surface area contributed by atoms with E-state index in [0.29, 0.717) is 17.4 Å². The molecule has 0 fully saturated rings. The van der Waals surface area contributed by atoms with Crippen molar-refractivity contribution in [3.63, 3.8) is 0 Å². The van der Waals surface area contributed by atoms with Gasteiger partial charge in [0.15, 0.2) is 0 Å². The third-order valence-electron chi connectivity index (χ3n) is 3.45. The Kier molecular flexibility index (Phi) is 4.14. The molecule has 0 aliphatic carbocycles. The standard InChI is InChI=1S/C15H20ClN3O2/c1-5-19-11-8-9(16)6-7-10(11)17-13(19)12(15(2,3)4)18-14(20)21/h6-8,12,18H,5H2,1-4H3,(H,20,21). The van der Waals surface area contributed by atoms with E-state index in [9.17, 15) is 4.79 Å². The number of benzene rings is 1. The zero-order valence-electron chi connectivity index (χ0n) is 12.6. The minimum Gasteiger partial charge on any atom is -0.465 e. The molecule has 5 nitrogen and oxygen atoms in total. The lowest BCUT2D eigenvalue weighted by molar-refractivity contribution is 0.172. The molecule has 1 aromatic heterocycles. The average molecular weight is 310 g/mol. The second-order valence-electron chi connectivity index (χ2n) is 6.10. The summed E-state index contributed by atoms with van der Waals surface area (Å²) in [6, 6.07) is 5.10. The first-order valence-corrected chi connectivity index (χ1v) is 7.27. The minimum absolute atomic E-state index is 0.295. The van der Waals surface area contributed by atoms with Crippen molar-refractivity contribution in [1.29, 1.82) is 0 Å². The van der Waals surface area contributed by atoms with Gasteiger partial charge < -0.3 is 15.0 Å². The van der Waals surface area contributed by atoms with Gasteiger partial charge in [0.2, 0.25) is 0 Å². The molecule has 21 heavy (non-hydrogen) atoms. The molecule has 2 N–H and O–H groups in total. The summed E-state index contributed by atoms with van der Waals surface area (Å²) in [5, 5.41) is 12.3. The van der Waals surface area contributed by atoms with E-state index in [1.54, 1.807) is 6.07 Å². The van der Waals surface area contributed by atoms with Crippen LogP contribution in [0.1, 0.15) is 39.6 Å². The number of carboxylic acid groups (broad SMARTS) is 1. The van der Waals surface area contributed by atoms with Gasteiger partial charge in [-0.05, 0) is 30.5 Å². The summed E-state index contributed by atoms with van der Waals surface area (Å²) < 4.78 is 2.01. The summed E-state index contributed by atoms with van der Waals surface area (Å²) in [6.45, 7) is 8.66. The maximum Gasteiger partial charge on any atom is 0.405 e. The molecule has 2 aromatic rings. The Morgan fingerprint density at radius 1 is 1.48 bits per heavy atom. The predicted molar refractivity (Wildman–Crippen MR) is 83.8 cm³/mol. The summed E-state index contributed by atoms with van der Waals surface area (Å²) in [7, 11) is 0. The molecule has 1 unspecified atom stereocenters. The minimum atomic E-state index is -1.05. The van der Waals surface area contributed by atoms with Gasteiger partial charge in [-0.25, -0.2) is 9.78 Å². The van der Waals surface area contributed by atoms with Gasteiger partial charge >= 0.3 is 6.09 Å². The van der Waals surface area contributed by atoms with E-state index in [1.165, 1.54) is 0 Å². The van der Waals surface area contributed by atoms with Crippen LogP contribution >= 0.6 is 11.6 Å². The predicted octanol–water partition coefficient (Wildman–Crippen LogP) is 4.06. The zero-order chi connectivity index (χ0) is 15.8. The normalized spacial score (nSPS) is 13.4. The third kappa shape index (κ3) is 3.13. The van der Waals surface area contributed by atoms with Crippen LogP contribution < -0.4 is 5.32 Å². The fourth-order valence-corrected chi connectivity index (χ4v) is 2.63. The van der Waals surface area contributed by atoms with E-state index in [-0.39, 0.29) is 5.41 Å². The van der Waals surface area contributed by atoms with Gasteiger partial charge in [-0.15, -0.1) is 0 Å². The van der Waals surface area contributed by atoms with Crippen molar-refractivity contribution in [2.75, 3.05) is 0 Å². The number of halogens is 1. The Bertz CT molecular complexity index is 673. The number of aromatic nitrogens is 2. The maximum atomic E-state index is 11.1. The summed E-state index contributed by atoms with van der Waals surface area (Å²) in [4.78, 5) is 15.8. The van der Waals surface area contributed by atoms with Crippen LogP contribution in [0.25, 0.3) is 11.0 Å². The molecule has 0 spiro atoms. The van der Waals surface area contributed by atoms with Crippen molar-refractivity contribution in [2.45, 2.75) is 40.3 Å². The van der Waals surface area contributed by atoms with Gasteiger partial charge in [0.1, 0.15) is 5.82 Å². The molecule has 114 valence electrons. The quantitative estimate of drug-likeness (QED) is 0.898. The first-order chi connectivity index (χ1) is 9.74. The lowest BCUT2D eigenvalue weighted by Gasteiger charge is -2.30. The third-order valence-corrected chi connectivity index (χ3v) is 3.68. The molecular weight excluding hydrogens is 290 g/mol. The summed E-state index contributed by atoms with van der Waals surface area (Å²) in [6.07, 6.45) is -1.05. The van der Waals surface area contributed by atoms with Crippen LogP contribution in [0.15, 0.2) is 18.2 Å². The number of nitrogens with one attached hydrogen (secondary N) is 1. The summed E-state index contributed by atoms with van der Waals surface area (Å²) >= 11 is 6.06. The first-order valence-electron chi connectivity index (χ1n) is 6.89. The lowest BCUT2D eigenvalue weighted by Crippen LogP contribution is -2.37. The van der Waals surface area contributed by atoms with Crippen molar-refractivity contribution in [3.05, 3.63) is 29.0 Å². The highest BCUT2D eigenvalue weighted by molar-refractivity contribution is 6.31. The van der Waals surface area contributed by atoms with Crippen LogP contribution in [0.3, 0.4) is 0 Å². The topological polar surface area (TPSA) is 67.2 Å². The Labute approximate surface area is 128 Å². The highest BCUT2D eigenvalue weighted by Crippen LogP contribution is 2.34. The Morgan fingerprint density at radius 3 is 2.67 bits per heavy atom. The van der Waals surface area contributed by atoms with Crippen LogP contribution in [0.2, 0.25) is 5.02 Å². The van der Waals surface area contributed by atoms with E-state index >= 15 is 0 Å². The molecule has 0 bridgehead atoms. The van der Waals surface area contributed by atoms with Gasteiger partial charge in [-0.3, -0.25) is 0 Å². The highest BCUT2D eigenvalue weighted by Gasteiger charge is 2.32. The van der Waals surface area contributed by atoms with Crippen LogP contribution in [0.5, 0.6) is 0 Å². The molecule has 0 saturated carbocycles.